The van der Waals surface area contributed by atoms with Crippen molar-refractivity contribution < 1.29 is 30.6 Å². The topological polar surface area (TPSA) is 124 Å². The van der Waals surface area contributed by atoms with Crippen LogP contribution in [0.15, 0.2) is 82.0 Å². The van der Waals surface area contributed by atoms with E-state index < -0.39 is 26.1 Å². The largest absolute Gasteiger partial charge is 1.00 e. The van der Waals surface area contributed by atoms with Gasteiger partial charge in [-0.3, -0.25) is 5.10 Å². The zero-order chi connectivity index (χ0) is 26.1. The van der Waals surface area contributed by atoms with Gasteiger partial charge in [-0.15, -0.1) is 10.2 Å². The number of aromatic nitrogens is 3. The second-order valence-electron chi connectivity index (χ2n) is 8.71. The van der Waals surface area contributed by atoms with Crippen molar-refractivity contribution in [1.29, 1.82) is 0 Å². The number of phenols is 1. The second-order valence-corrected chi connectivity index (χ2v) is 11.1. The smallest absolute Gasteiger partial charge is 0.505 e. The van der Waals surface area contributed by atoms with Crippen LogP contribution in [0.3, 0.4) is 0 Å². The summed E-state index contributed by atoms with van der Waals surface area (Å²) in [6, 6.07) is 16.3. The number of para-hydroxylation sites is 1. The third-order valence-corrected chi connectivity index (χ3v) is 6.71. The Morgan fingerprint density at radius 2 is 1.68 bits per heavy atom. The molecule has 1 N–H and O–H groups in total. The fraction of sp³-hybridized carbons (Fsp3) is 0.167. The first kappa shape index (κ1) is 28.6. The molecule has 0 aliphatic rings. The summed E-state index contributed by atoms with van der Waals surface area (Å²) in [5.74, 6) is -0.456. The molecule has 0 aliphatic carbocycles. The summed E-state index contributed by atoms with van der Waals surface area (Å²) in [5.41, 5.74) is 0.569. The summed E-state index contributed by atoms with van der Waals surface area (Å²) in [7, 11) is -4.53. The fourth-order valence-electron chi connectivity index (χ4n) is 3.25. The van der Waals surface area contributed by atoms with E-state index in [0.717, 1.165) is 6.07 Å². The maximum atomic E-state index is 13.4. The number of sulfonamides is 1. The second kappa shape index (κ2) is 11.2. The average Bonchev–Trinajstić information content (AvgIpc) is 3.19. The van der Waals surface area contributed by atoms with E-state index in [2.05, 4.69) is 25.0 Å². The van der Waals surface area contributed by atoms with Gasteiger partial charge in [-0.05, 0) is 30.0 Å². The van der Waals surface area contributed by atoms with E-state index in [1.165, 1.54) is 10.7 Å². The number of azo groups is 1. The summed E-state index contributed by atoms with van der Waals surface area (Å²) >= 11 is 12.0. The van der Waals surface area contributed by atoms with Gasteiger partial charge < -0.3 is 14.5 Å². The van der Waals surface area contributed by atoms with E-state index in [1.807, 2.05) is 26.8 Å². The van der Waals surface area contributed by atoms with E-state index in [1.54, 1.807) is 48.7 Å². The standard InChI is InChI=1S/C24H21Cl2N6O3S.Cu/c1-24(2,3)22-20(29-28-19-11-7-8-12-27-19)23(32(30-22)16-9-5-4-6-10-16)31-36(34,35)18-14-15(25)13-17(26)21(18)33;/h4-14H,1-3H3,(H-,27,28,30,31,33);/q-1;+1. The van der Waals surface area contributed by atoms with Gasteiger partial charge in [0.25, 0.3) is 0 Å². The van der Waals surface area contributed by atoms with Gasteiger partial charge in [0.15, 0.2) is 11.6 Å². The molecule has 0 saturated carbocycles. The van der Waals surface area contributed by atoms with Crippen LogP contribution in [0, 0.1) is 0 Å². The number of aromatic hydroxyl groups is 1. The Morgan fingerprint density at radius 1 is 1.00 bits per heavy atom. The third-order valence-electron chi connectivity index (χ3n) is 4.93. The van der Waals surface area contributed by atoms with Gasteiger partial charge in [0, 0.05) is 22.5 Å². The maximum absolute atomic E-state index is 13.4. The van der Waals surface area contributed by atoms with Gasteiger partial charge in [0.2, 0.25) is 10.0 Å². The predicted octanol–water partition coefficient (Wildman–Crippen LogP) is 7.38. The number of rotatable bonds is 6. The normalized spacial score (nSPS) is 11.9. The van der Waals surface area contributed by atoms with Crippen LogP contribution in [0.4, 0.5) is 17.3 Å². The number of benzene rings is 2. The van der Waals surface area contributed by atoms with Crippen LogP contribution in [-0.2, 0) is 32.5 Å². The molecule has 0 saturated heterocycles. The van der Waals surface area contributed by atoms with E-state index >= 15 is 0 Å². The molecule has 0 atom stereocenters. The van der Waals surface area contributed by atoms with Crippen LogP contribution in [0.25, 0.3) is 10.4 Å². The Morgan fingerprint density at radius 3 is 2.30 bits per heavy atom. The molecule has 2 aromatic carbocycles. The number of phenolic OH excluding ortho intramolecular Hbond substituents is 1. The van der Waals surface area contributed by atoms with Crippen LogP contribution in [0.1, 0.15) is 26.5 Å². The predicted molar refractivity (Wildman–Crippen MR) is 139 cm³/mol. The monoisotopic (exact) mass is 606 g/mol. The Bertz CT molecular complexity index is 1540. The molecule has 9 nitrogen and oxygen atoms in total. The van der Waals surface area contributed by atoms with E-state index in [0.29, 0.717) is 17.2 Å². The van der Waals surface area contributed by atoms with Crippen LogP contribution < -0.4 is 0 Å². The first-order valence-corrected chi connectivity index (χ1v) is 12.8. The number of nitrogens with zero attached hydrogens (tertiary/aromatic N) is 6. The minimum Gasteiger partial charge on any atom is -0.505 e. The van der Waals surface area contributed by atoms with E-state index in [-0.39, 0.29) is 38.6 Å². The minimum atomic E-state index is -4.53. The summed E-state index contributed by atoms with van der Waals surface area (Å²) in [6.07, 6.45) is 1.56. The van der Waals surface area contributed by atoms with Crippen molar-refractivity contribution in [1.82, 2.24) is 14.8 Å². The molecule has 0 aliphatic heterocycles. The molecule has 196 valence electrons. The minimum absolute atomic E-state index is 0. The summed E-state index contributed by atoms with van der Waals surface area (Å²) in [4.78, 5) is 3.58. The van der Waals surface area contributed by atoms with E-state index in [4.69, 9.17) is 23.2 Å². The number of hydrogen-bond acceptors (Lipinski definition) is 7. The van der Waals surface area contributed by atoms with Gasteiger partial charge in [-0.25, -0.2) is 13.4 Å². The summed E-state index contributed by atoms with van der Waals surface area (Å²) in [6.45, 7) is 5.72. The van der Waals surface area contributed by atoms with Gasteiger partial charge in [-0.1, -0.05) is 80.4 Å². The zero-order valence-electron chi connectivity index (χ0n) is 19.8. The van der Waals surface area contributed by atoms with Gasteiger partial charge in [0.1, 0.15) is 10.6 Å². The first-order valence-electron chi connectivity index (χ1n) is 10.6. The summed E-state index contributed by atoms with van der Waals surface area (Å²) < 4.78 is 32.3. The molecular formula is C24H21Cl2CuN6O3S. The van der Waals surface area contributed by atoms with Crippen molar-refractivity contribution in [3.63, 3.8) is 0 Å². The Labute approximate surface area is 235 Å². The van der Waals surface area contributed by atoms with Crippen LogP contribution in [0.2, 0.25) is 10.0 Å². The molecule has 13 heteroatoms. The fourth-order valence-corrected chi connectivity index (χ4v) is 4.98. The number of pyridine rings is 1. The molecular weight excluding hydrogens is 587 g/mol. The maximum Gasteiger partial charge on any atom is 1.00 e. The average molecular weight is 608 g/mol. The van der Waals surface area contributed by atoms with Crippen molar-refractivity contribution >= 4 is 50.5 Å². The van der Waals surface area contributed by atoms with Crippen molar-refractivity contribution in [3.05, 3.63) is 87.3 Å². The van der Waals surface area contributed by atoms with Gasteiger partial charge in [-0.2, -0.15) is 0 Å². The van der Waals surface area contributed by atoms with Crippen molar-refractivity contribution in [2.45, 2.75) is 31.1 Å². The van der Waals surface area contributed by atoms with Crippen LogP contribution in [0.5, 0.6) is 5.75 Å². The molecule has 37 heavy (non-hydrogen) atoms. The first-order chi connectivity index (χ1) is 17.0. The van der Waals surface area contributed by atoms with E-state index in [9.17, 15) is 13.5 Å². The Hall–Kier alpha value is -2.95. The Kier molecular flexibility index (Phi) is 8.66. The molecule has 4 rings (SSSR count). The number of hydrogen-bond donors (Lipinski definition) is 1. The third kappa shape index (κ3) is 6.31. The quantitative estimate of drug-likeness (QED) is 0.181. The SMILES string of the molecule is CC(C)(C)c1nn(-c2ccccc2)c([N-]S(=O)(=O)c2cc(Cl)cc(Cl)c2O)c1N=Nc1ccccn1.[Cu+]. The van der Waals surface area contributed by atoms with Crippen molar-refractivity contribution in [3.8, 4) is 11.4 Å². The molecule has 0 fully saturated rings. The molecule has 2 aromatic heterocycles. The molecule has 0 amide bonds. The molecule has 0 spiro atoms. The van der Waals surface area contributed by atoms with Crippen LogP contribution >= 0.6 is 23.2 Å². The van der Waals surface area contributed by atoms with Gasteiger partial charge >= 0.3 is 17.1 Å². The molecule has 4 aromatic rings. The van der Waals surface area contributed by atoms with Crippen LogP contribution in [-0.4, -0.2) is 28.3 Å². The summed E-state index contributed by atoms with van der Waals surface area (Å²) in [5, 5.41) is 23.4. The molecule has 2 heterocycles. The molecule has 0 unspecified atom stereocenters. The zero-order valence-corrected chi connectivity index (χ0v) is 23.0. The molecule has 0 bridgehead atoms. The van der Waals surface area contributed by atoms with Crippen molar-refractivity contribution in [2.75, 3.05) is 0 Å². The van der Waals surface area contributed by atoms with Gasteiger partial charge in [0.05, 0.1) is 10.7 Å². The number of halogens is 2. The van der Waals surface area contributed by atoms with Crippen molar-refractivity contribution in [2.24, 2.45) is 10.2 Å². The Balaban J connectivity index is 0.00000380. The molecule has 0 radical (unpaired) electrons.